The fraction of sp³-hybridized carbons (Fsp3) is 0.667. The first kappa shape index (κ1) is 7.34. The minimum Gasteiger partial charge on any atom is -0.198 e. The molecule has 0 aromatic heterocycles. The second-order valence-electron chi connectivity index (χ2n) is 3.44. The van der Waals surface area contributed by atoms with Gasteiger partial charge in [0.25, 0.3) is 0 Å². The molecule has 0 aliphatic heterocycles. The number of hydrogen-bond acceptors (Lipinski definition) is 1. The Balaban J connectivity index is 2.71. The van der Waals surface area contributed by atoms with Crippen LogP contribution in [0.15, 0.2) is 11.6 Å². The lowest BCUT2D eigenvalue weighted by Gasteiger charge is -2.25. The zero-order chi connectivity index (χ0) is 7.61. The summed E-state index contributed by atoms with van der Waals surface area (Å²) in [6, 6.07) is 2.37. The van der Waals surface area contributed by atoms with E-state index in [1.165, 1.54) is 5.57 Å². The van der Waals surface area contributed by atoms with Gasteiger partial charge in [-0.25, -0.2) is 0 Å². The Labute approximate surface area is 62.4 Å². The van der Waals surface area contributed by atoms with Crippen molar-refractivity contribution < 1.29 is 0 Å². The molecule has 1 atom stereocenters. The van der Waals surface area contributed by atoms with Crippen LogP contribution >= 0.6 is 0 Å². The van der Waals surface area contributed by atoms with E-state index in [0.29, 0.717) is 0 Å². The maximum absolute atomic E-state index is 8.79. The second kappa shape index (κ2) is 2.46. The number of nitrogens with zero attached hydrogens (tertiary/aromatic N) is 1. The van der Waals surface area contributed by atoms with E-state index in [9.17, 15) is 0 Å². The Hall–Kier alpha value is -0.770. The quantitative estimate of drug-likeness (QED) is 0.468. The average molecular weight is 135 g/mol. The summed E-state index contributed by atoms with van der Waals surface area (Å²) in [5.74, 6) is 0. The van der Waals surface area contributed by atoms with E-state index >= 15 is 0 Å². The van der Waals surface area contributed by atoms with Crippen LogP contribution in [0.2, 0.25) is 0 Å². The monoisotopic (exact) mass is 135 g/mol. The van der Waals surface area contributed by atoms with E-state index in [1.54, 1.807) is 0 Å². The minimum atomic E-state index is -0.0706. The van der Waals surface area contributed by atoms with Crippen LogP contribution < -0.4 is 0 Å². The summed E-state index contributed by atoms with van der Waals surface area (Å²) in [5, 5.41) is 8.79. The lowest BCUT2D eigenvalue weighted by atomic mass is 9.77. The van der Waals surface area contributed by atoms with E-state index < -0.39 is 0 Å². The molecule has 0 saturated heterocycles. The summed E-state index contributed by atoms with van der Waals surface area (Å²) in [6.45, 7) is 4.15. The molecule has 54 valence electrons. The molecule has 1 unspecified atom stereocenters. The molecule has 0 aromatic carbocycles. The number of nitriles is 1. The molecular weight excluding hydrogens is 122 g/mol. The molecule has 0 fully saturated rings. The lowest BCUT2D eigenvalue weighted by molar-refractivity contribution is 0.387. The van der Waals surface area contributed by atoms with Crippen LogP contribution in [-0.4, -0.2) is 0 Å². The molecule has 0 radical (unpaired) electrons. The van der Waals surface area contributed by atoms with Gasteiger partial charge in [0, 0.05) is 0 Å². The maximum atomic E-state index is 8.79. The van der Waals surface area contributed by atoms with Gasteiger partial charge in [-0.1, -0.05) is 11.6 Å². The van der Waals surface area contributed by atoms with Crippen molar-refractivity contribution >= 4 is 0 Å². The van der Waals surface area contributed by atoms with Crippen molar-refractivity contribution in [2.75, 3.05) is 0 Å². The van der Waals surface area contributed by atoms with E-state index in [1.807, 2.05) is 6.92 Å². The molecule has 1 aliphatic carbocycles. The van der Waals surface area contributed by atoms with Gasteiger partial charge >= 0.3 is 0 Å². The van der Waals surface area contributed by atoms with Gasteiger partial charge in [0.1, 0.15) is 0 Å². The summed E-state index contributed by atoms with van der Waals surface area (Å²) in [6.07, 6.45) is 5.30. The first-order chi connectivity index (χ1) is 4.66. The molecule has 0 bridgehead atoms. The molecule has 1 rings (SSSR count). The standard InChI is InChI=1S/C9H13N/c1-8-4-3-5-9(2,6-8)7-10/h4H,3,5-6H2,1-2H3. The van der Waals surface area contributed by atoms with Crippen molar-refractivity contribution in [3.63, 3.8) is 0 Å². The van der Waals surface area contributed by atoms with Gasteiger partial charge in [0.05, 0.1) is 11.5 Å². The Morgan fingerprint density at radius 2 is 2.40 bits per heavy atom. The van der Waals surface area contributed by atoms with Crippen LogP contribution in [0.4, 0.5) is 0 Å². The molecule has 1 nitrogen and oxygen atoms in total. The molecule has 0 N–H and O–H groups in total. The van der Waals surface area contributed by atoms with Crippen LogP contribution in [0.1, 0.15) is 33.1 Å². The number of allylic oxidation sites excluding steroid dienone is 2. The van der Waals surface area contributed by atoms with E-state index in [2.05, 4.69) is 19.1 Å². The van der Waals surface area contributed by atoms with Gasteiger partial charge in [-0.15, -0.1) is 0 Å². The molecule has 1 aliphatic rings. The normalized spacial score (nSPS) is 32.7. The highest BCUT2D eigenvalue weighted by Crippen LogP contribution is 2.34. The van der Waals surface area contributed by atoms with Gasteiger partial charge < -0.3 is 0 Å². The van der Waals surface area contributed by atoms with Crippen LogP contribution in [0.5, 0.6) is 0 Å². The third-order valence-electron chi connectivity index (χ3n) is 2.13. The van der Waals surface area contributed by atoms with Crippen LogP contribution in [-0.2, 0) is 0 Å². The highest BCUT2D eigenvalue weighted by atomic mass is 14.4. The summed E-state index contributed by atoms with van der Waals surface area (Å²) in [4.78, 5) is 0. The summed E-state index contributed by atoms with van der Waals surface area (Å²) in [7, 11) is 0. The van der Waals surface area contributed by atoms with Crippen molar-refractivity contribution in [2.24, 2.45) is 5.41 Å². The highest BCUT2D eigenvalue weighted by molar-refractivity contribution is 5.13. The Bertz CT molecular complexity index is 197. The van der Waals surface area contributed by atoms with Gasteiger partial charge in [0.2, 0.25) is 0 Å². The molecule has 0 amide bonds. The highest BCUT2D eigenvalue weighted by Gasteiger charge is 2.25. The number of rotatable bonds is 0. The molecule has 0 aromatic rings. The van der Waals surface area contributed by atoms with Crippen LogP contribution in [0, 0.1) is 16.7 Å². The largest absolute Gasteiger partial charge is 0.198 e. The molecule has 1 heteroatoms. The predicted octanol–water partition coefficient (Wildman–Crippen LogP) is 2.65. The van der Waals surface area contributed by atoms with Crippen LogP contribution in [0.3, 0.4) is 0 Å². The Kier molecular flexibility index (Phi) is 1.80. The first-order valence-electron chi connectivity index (χ1n) is 3.73. The van der Waals surface area contributed by atoms with Gasteiger partial charge in [-0.05, 0) is 33.1 Å². The first-order valence-corrected chi connectivity index (χ1v) is 3.73. The third kappa shape index (κ3) is 1.39. The summed E-state index contributed by atoms with van der Waals surface area (Å²) >= 11 is 0. The van der Waals surface area contributed by atoms with Gasteiger partial charge in [-0.3, -0.25) is 0 Å². The van der Waals surface area contributed by atoms with Crippen molar-refractivity contribution in [3.05, 3.63) is 11.6 Å². The zero-order valence-electron chi connectivity index (χ0n) is 6.65. The second-order valence-corrected chi connectivity index (χ2v) is 3.44. The Morgan fingerprint density at radius 3 is 2.80 bits per heavy atom. The van der Waals surface area contributed by atoms with Crippen LogP contribution in [0.25, 0.3) is 0 Å². The summed E-state index contributed by atoms with van der Waals surface area (Å²) in [5.41, 5.74) is 1.30. The zero-order valence-corrected chi connectivity index (χ0v) is 6.65. The van der Waals surface area contributed by atoms with Crippen molar-refractivity contribution in [3.8, 4) is 6.07 Å². The summed E-state index contributed by atoms with van der Waals surface area (Å²) < 4.78 is 0. The SMILES string of the molecule is CC1=CCCC(C)(C#N)C1. The third-order valence-corrected chi connectivity index (χ3v) is 2.13. The average Bonchev–Trinajstić information content (AvgIpc) is 1.88. The smallest absolute Gasteiger partial charge is 0.0690 e. The molecule has 10 heavy (non-hydrogen) atoms. The van der Waals surface area contributed by atoms with E-state index in [4.69, 9.17) is 5.26 Å². The topological polar surface area (TPSA) is 23.8 Å². The minimum absolute atomic E-state index is 0.0706. The molecular formula is C9H13N. The Morgan fingerprint density at radius 1 is 1.70 bits per heavy atom. The van der Waals surface area contributed by atoms with Crippen molar-refractivity contribution in [2.45, 2.75) is 33.1 Å². The van der Waals surface area contributed by atoms with Gasteiger partial charge in [0.15, 0.2) is 0 Å². The molecule has 0 spiro atoms. The lowest BCUT2D eigenvalue weighted by Crippen LogP contribution is -2.16. The molecule has 0 saturated carbocycles. The molecule has 0 heterocycles. The fourth-order valence-corrected chi connectivity index (χ4v) is 1.51. The van der Waals surface area contributed by atoms with Crippen molar-refractivity contribution in [1.29, 1.82) is 5.26 Å². The number of hydrogen-bond donors (Lipinski definition) is 0. The van der Waals surface area contributed by atoms with E-state index in [-0.39, 0.29) is 5.41 Å². The maximum Gasteiger partial charge on any atom is 0.0690 e. The van der Waals surface area contributed by atoms with E-state index in [0.717, 1.165) is 19.3 Å². The van der Waals surface area contributed by atoms with Crippen molar-refractivity contribution in [1.82, 2.24) is 0 Å². The fourth-order valence-electron chi connectivity index (χ4n) is 1.51. The van der Waals surface area contributed by atoms with Gasteiger partial charge in [-0.2, -0.15) is 5.26 Å². The predicted molar refractivity (Wildman–Crippen MR) is 41.3 cm³/mol.